The Balaban J connectivity index is 1.60. The van der Waals surface area contributed by atoms with Gasteiger partial charge in [0, 0.05) is 22.1 Å². The van der Waals surface area contributed by atoms with Crippen LogP contribution in [-0.2, 0) is 39.5 Å². The molecule has 0 saturated carbocycles. The molecule has 0 spiro atoms. The lowest BCUT2D eigenvalue weighted by Gasteiger charge is -2.31. The smallest absolute Gasteiger partial charge is 0.343 e. The molecule has 8 heteroatoms. The number of aromatic nitrogens is 2. The summed E-state index contributed by atoms with van der Waals surface area (Å²) in [5.41, 5.74) is 1.95. The van der Waals surface area contributed by atoms with E-state index in [2.05, 4.69) is 0 Å². The summed E-state index contributed by atoms with van der Waals surface area (Å²) in [7, 11) is 0. The predicted octanol–water partition coefficient (Wildman–Crippen LogP) is 1.54. The summed E-state index contributed by atoms with van der Waals surface area (Å²) in [5, 5.41) is 11.7. The molecule has 0 amide bonds. The molecule has 150 valence electrons. The average molecular weight is 404 g/mol. The second-order valence-corrected chi connectivity index (χ2v) is 7.86. The fourth-order valence-corrected chi connectivity index (χ4v) is 4.67. The predicted molar refractivity (Wildman–Crippen MR) is 104 cm³/mol. The Kier molecular flexibility index (Phi) is 3.21. The molecule has 3 aliphatic heterocycles. The van der Waals surface area contributed by atoms with Crippen molar-refractivity contribution in [2.24, 2.45) is 0 Å². The van der Waals surface area contributed by atoms with E-state index in [1.165, 1.54) is 0 Å². The van der Waals surface area contributed by atoms with Crippen LogP contribution in [0.25, 0.3) is 22.3 Å². The van der Waals surface area contributed by atoms with Crippen LogP contribution in [0.4, 0.5) is 0 Å². The fourth-order valence-electron chi connectivity index (χ4n) is 4.67. The molecule has 2 aromatic heterocycles. The topological polar surface area (TPSA) is 108 Å². The van der Waals surface area contributed by atoms with Gasteiger partial charge in [-0.05, 0) is 30.7 Å². The minimum absolute atomic E-state index is 0.0971. The second kappa shape index (κ2) is 5.54. The zero-order chi connectivity index (χ0) is 20.8. The van der Waals surface area contributed by atoms with Crippen LogP contribution in [0.3, 0.4) is 0 Å². The molecule has 1 aromatic carbocycles. The van der Waals surface area contributed by atoms with E-state index in [1.807, 2.05) is 6.07 Å². The molecule has 1 atom stereocenters. The molecule has 0 aliphatic carbocycles. The van der Waals surface area contributed by atoms with Crippen LogP contribution in [0.15, 0.2) is 29.1 Å². The van der Waals surface area contributed by atoms with Gasteiger partial charge in [0.15, 0.2) is 5.60 Å². The zero-order valence-corrected chi connectivity index (χ0v) is 16.0. The summed E-state index contributed by atoms with van der Waals surface area (Å²) in [6, 6.07) is 7.14. The summed E-state index contributed by atoms with van der Waals surface area (Å²) in [4.78, 5) is 41.9. The normalized spacial score (nSPS) is 21.0. The molecular weight excluding hydrogens is 388 g/mol. The van der Waals surface area contributed by atoms with Gasteiger partial charge in [0.25, 0.3) is 5.56 Å². The molecule has 0 bridgehead atoms. The molecule has 0 radical (unpaired) electrons. The molecule has 1 N–H and O–H groups in total. The highest BCUT2D eigenvalue weighted by Crippen LogP contribution is 2.40. The molecule has 0 fully saturated rings. The number of cyclic esters (lactones) is 1. The lowest BCUT2D eigenvalue weighted by molar-refractivity contribution is -0.172. The first kappa shape index (κ1) is 17.3. The molecular formula is C22H16N2O6. The number of hydrogen-bond acceptors (Lipinski definition) is 7. The van der Waals surface area contributed by atoms with E-state index < -0.39 is 11.6 Å². The number of carbonyl (C=O) groups is 2. The van der Waals surface area contributed by atoms with Gasteiger partial charge < -0.3 is 19.1 Å². The quantitative estimate of drug-likeness (QED) is 0.379. The van der Waals surface area contributed by atoms with Gasteiger partial charge in [-0.25, -0.2) is 9.78 Å². The van der Waals surface area contributed by atoms with Crippen molar-refractivity contribution >= 4 is 22.8 Å². The van der Waals surface area contributed by atoms with Crippen molar-refractivity contribution in [2.75, 3.05) is 0 Å². The van der Waals surface area contributed by atoms with Gasteiger partial charge in [-0.2, -0.15) is 0 Å². The molecule has 0 unspecified atom stereocenters. The maximum Gasteiger partial charge on any atom is 0.343 e. The number of ether oxygens (including phenoxy) is 2. The van der Waals surface area contributed by atoms with Crippen molar-refractivity contribution in [3.8, 4) is 17.1 Å². The van der Waals surface area contributed by atoms with Crippen LogP contribution in [0, 0.1) is 0 Å². The number of aliphatic hydroxyl groups is 1. The first-order chi connectivity index (χ1) is 14.4. The Hall–Kier alpha value is -3.52. The Labute approximate surface area is 169 Å². The Morgan fingerprint density at radius 3 is 2.83 bits per heavy atom. The van der Waals surface area contributed by atoms with E-state index in [4.69, 9.17) is 14.5 Å². The number of rotatable bonds is 1. The van der Waals surface area contributed by atoms with Crippen LogP contribution in [0.1, 0.15) is 35.6 Å². The van der Waals surface area contributed by atoms with E-state index in [1.54, 1.807) is 29.7 Å². The number of esters is 2. The van der Waals surface area contributed by atoms with Crippen LogP contribution in [0.5, 0.6) is 5.75 Å². The third-order valence-corrected chi connectivity index (χ3v) is 6.30. The van der Waals surface area contributed by atoms with Crippen molar-refractivity contribution < 1.29 is 24.2 Å². The average Bonchev–Trinajstić information content (AvgIpc) is 3.29. The van der Waals surface area contributed by atoms with Crippen LogP contribution >= 0.6 is 0 Å². The lowest BCUT2D eigenvalue weighted by atomic mass is 9.86. The summed E-state index contributed by atoms with van der Waals surface area (Å²) < 4.78 is 11.9. The van der Waals surface area contributed by atoms with Gasteiger partial charge in [0.1, 0.15) is 12.4 Å². The maximum absolute atomic E-state index is 13.2. The van der Waals surface area contributed by atoms with Gasteiger partial charge >= 0.3 is 11.9 Å². The molecule has 3 aromatic rings. The van der Waals surface area contributed by atoms with E-state index in [-0.39, 0.29) is 31.0 Å². The van der Waals surface area contributed by atoms with Crippen molar-refractivity contribution in [2.45, 2.75) is 38.5 Å². The first-order valence-electron chi connectivity index (χ1n) is 9.74. The largest absolute Gasteiger partial charge is 0.458 e. The summed E-state index contributed by atoms with van der Waals surface area (Å²) in [5.74, 6) is -0.499. The Morgan fingerprint density at radius 1 is 1.20 bits per heavy atom. The van der Waals surface area contributed by atoms with Gasteiger partial charge in [0.2, 0.25) is 0 Å². The van der Waals surface area contributed by atoms with E-state index >= 15 is 0 Å². The monoisotopic (exact) mass is 404 g/mol. The SMILES string of the molecule is CC[C@@]1(O)C(=O)OCc2c1cc1n(c2=O)Cc2cc3c4c(ccc3nc2-1)OC(=O)C4. The molecule has 6 rings (SSSR count). The van der Waals surface area contributed by atoms with Gasteiger partial charge in [0.05, 0.1) is 35.4 Å². The number of nitrogens with zero attached hydrogens (tertiary/aromatic N) is 2. The molecule has 3 aliphatic rings. The van der Waals surface area contributed by atoms with E-state index in [0.29, 0.717) is 40.3 Å². The minimum Gasteiger partial charge on any atom is -0.458 e. The Morgan fingerprint density at radius 2 is 2.03 bits per heavy atom. The van der Waals surface area contributed by atoms with Crippen LogP contribution in [-0.4, -0.2) is 26.6 Å². The summed E-state index contributed by atoms with van der Waals surface area (Å²) in [6.07, 6.45) is 0.289. The maximum atomic E-state index is 13.2. The highest BCUT2D eigenvalue weighted by atomic mass is 16.6. The van der Waals surface area contributed by atoms with E-state index in [0.717, 1.165) is 16.5 Å². The highest BCUT2D eigenvalue weighted by Gasteiger charge is 2.45. The Bertz CT molecular complexity index is 1390. The van der Waals surface area contributed by atoms with E-state index in [9.17, 15) is 19.5 Å². The van der Waals surface area contributed by atoms with Crippen molar-refractivity contribution in [1.29, 1.82) is 0 Å². The standard InChI is InChI=1S/C22H16N2O6/c1-2-22(28)14-7-16-19-10(8-24(16)20(26)13(14)9-29-21(22)27)5-11-12-6-18(25)30-17(12)4-3-15(11)23-19/h3-5,7,28H,2,6,8-9H2,1H3/t22-/m0/s1. The summed E-state index contributed by atoms with van der Waals surface area (Å²) >= 11 is 0. The number of carbonyl (C=O) groups excluding carboxylic acids is 2. The second-order valence-electron chi connectivity index (χ2n) is 7.86. The van der Waals surface area contributed by atoms with Crippen molar-refractivity contribution in [1.82, 2.24) is 9.55 Å². The van der Waals surface area contributed by atoms with Crippen molar-refractivity contribution in [3.05, 3.63) is 56.9 Å². The molecule has 30 heavy (non-hydrogen) atoms. The molecule has 5 heterocycles. The highest BCUT2D eigenvalue weighted by molar-refractivity contribution is 5.95. The third-order valence-electron chi connectivity index (χ3n) is 6.30. The fraction of sp³-hybridized carbons (Fsp3) is 0.273. The third kappa shape index (κ3) is 2.03. The number of fused-ring (bicyclic) bond motifs is 7. The van der Waals surface area contributed by atoms with Gasteiger partial charge in [-0.15, -0.1) is 0 Å². The van der Waals surface area contributed by atoms with Crippen LogP contribution in [0.2, 0.25) is 0 Å². The number of benzene rings is 1. The van der Waals surface area contributed by atoms with Gasteiger partial charge in [-0.1, -0.05) is 6.92 Å². The van der Waals surface area contributed by atoms with Gasteiger partial charge in [-0.3, -0.25) is 9.59 Å². The van der Waals surface area contributed by atoms with Crippen molar-refractivity contribution in [3.63, 3.8) is 0 Å². The zero-order valence-electron chi connectivity index (χ0n) is 16.0. The molecule has 0 saturated heterocycles. The lowest BCUT2D eigenvalue weighted by Crippen LogP contribution is -2.44. The number of pyridine rings is 2. The first-order valence-corrected chi connectivity index (χ1v) is 9.74. The van der Waals surface area contributed by atoms with Crippen LogP contribution < -0.4 is 10.3 Å². The minimum atomic E-state index is -1.85. The number of hydrogen-bond donors (Lipinski definition) is 1. The molecule has 8 nitrogen and oxygen atoms in total. The summed E-state index contributed by atoms with van der Waals surface area (Å²) in [6.45, 7) is 1.83.